The molecule has 26 heavy (non-hydrogen) atoms. The molecule has 0 fully saturated rings. The average molecular weight is 410 g/mol. The van der Waals surface area contributed by atoms with Crippen molar-refractivity contribution in [2.24, 2.45) is 4.99 Å². The molecule has 139 valence electrons. The third-order valence-electron chi connectivity index (χ3n) is 3.54. The number of hydrogen-bond donors (Lipinski definition) is 0. The molecule has 0 aliphatic heterocycles. The van der Waals surface area contributed by atoms with E-state index in [-0.39, 0.29) is 15.8 Å². The van der Waals surface area contributed by atoms with Crippen molar-refractivity contribution in [2.45, 2.75) is 46.8 Å². The molecule has 0 amide bonds. The van der Waals surface area contributed by atoms with E-state index in [9.17, 15) is 0 Å². The Kier molecular flexibility index (Phi) is 14.3. The first-order chi connectivity index (χ1) is 12.7. The van der Waals surface area contributed by atoms with Gasteiger partial charge in [-0.25, -0.2) is 0 Å². The van der Waals surface area contributed by atoms with Crippen LogP contribution in [-0.4, -0.2) is 22.0 Å². The van der Waals surface area contributed by atoms with Crippen molar-refractivity contribution in [3.63, 3.8) is 0 Å². The molecule has 0 bridgehead atoms. The summed E-state index contributed by atoms with van der Waals surface area (Å²) in [6, 6.07) is 16.8. The molecule has 0 spiro atoms. The Labute approximate surface area is 167 Å². The van der Waals surface area contributed by atoms with E-state index in [0.717, 1.165) is 12.1 Å². The SMILES string of the molecule is C=C/C(=C\[As]C)c1ccc(N=CC)c(C)c1.CC.CCc1ccccc1. The van der Waals surface area contributed by atoms with Gasteiger partial charge in [-0.1, -0.05) is 51.1 Å². The van der Waals surface area contributed by atoms with E-state index in [4.69, 9.17) is 0 Å². The number of benzene rings is 2. The van der Waals surface area contributed by atoms with Gasteiger partial charge in [-0.2, -0.15) is 0 Å². The minimum absolute atomic E-state index is 0.277. The average Bonchev–Trinajstić information content (AvgIpc) is 2.70. The summed E-state index contributed by atoms with van der Waals surface area (Å²) in [5.41, 5.74) is 8.35. The van der Waals surface area contributed by atoms with Crippen LogP contribution in [-0.2, 0) is 6.42 Å². The molecule has 2 aromatic carbocycles. The number of nitrogens with zero attached hydrogens (tertiary/aromatic N) is 1. The van der Waals surface area contributed by atoms with Gasteiger partial charge in [0.1, 0.15) is 0 Å². The van der Waals surface area contributed by atoms with Gasteiger partial charge in [-0.15, -0.1) is 0 Å². The molecule has 1 nitrogen and oxygen atoms in total. The first kappa shape index (κ1) is 24.1. The van der Waals surface area contributed by atoms with Crippen LogP contribution in [0.15, 0.2) is 71.0 Å². The Balaban J connectivity index is 0.000000522. The van der Waals surface area contributed by atoms with Crippen LogP contribution >= 0.6 is 0 Å². The maximum Gasteiger partial charge on any atom is -0.0307 e. The molecule has 0 saturated heterocycles. The molecule has 2 aromatic rings. The number of hydrogen-bond acceptors (Lipinski definition) is 1. The second kappa shape index (κ2) is 15.4. The summed E-state index contributed by atoms with van der Waals surface area (Å²) in [6.07, 6.45) is 4.89. The molecule has 0 aliphatic carbocycles. The van der Waals surface area contributed by atoms with Crippen molar-refractivity contribution in [2.75, 3.05) is 0 Å². The number of aryl methyl sites for hydroxylation is 2. The predicted molar refractivity (Wildman–Crippen MR) is 122 cm³/mol. The van der Waals surface area contributed by atoms with E-state index in [0.29, 0.717) is 0 Å². The van der Waals surface area contributed by atoms with E-state index >= 15 is 0 Å². The molecular weight excluding hydrogens is 377 g/mol. The second-order valence-corrected chi connectivity index (χ2v) is 6.90. The molecule has 0 aromatic heterocycles. The molecule has 0 aliphatic rings. The molecule has 2 heteroatoms. The minimum atomic E-state index is 0.277. The minimum Gasteiger partial charge on any atom is -0.0683 e. The Morgan fingerprint density at radius 3 is 2.19 bits per heavy atom. The van der Waals surface area contributed by atoms with Crippen LogP contribution in [0, 0.1) is 6.92 Å². The molecule has 0 N–H and O–H groups in total. The summed E-state index contributed by atoms with van der Waals surface area (Å²) < 4.78 is 0. The van der Waals surface area contributed by atoms with Gasteiger partial charge in [0.05, 0.1) is 0 Å². The van der Waals surface area contributed by atoms with Gasteiger partial charge >= 0.3 is 105 Å². The zero-order chi connectivity index (χ0) is 19.8. The largest absolute Gasteiger partial charge is 0.0683 e. The normalized spacial score (nSPS) is 10.9. The van der Waals surface area contributed by atoms with Crippen molar-refractivity contribution in [3.05, 3.63) is 82.7 Å². The Hall–Kier alpha value is -1.85. The molecule has 0 unspecified atom stereocenters. The molecule has 1 radical (unpaired) electrons. The standard InChI is InChI=1S/C14H17AsN.C8H10.C2H6/c1-5-12(10-15-4)13-7-8-14(16-6-2)11(3)9-13;1-2-8-6-4-3-5-7-8;1-2/h5-10H,1H2,2-4H3;3-7H,2H2,1H3;1-2H3/b12-10+,16-6?;;. The smallest absolute Gasteiger partial charge is 0.0307 e. The van der Waals surface area contributed by atoms with Crippen LogP contribution in [0.4, 0.5) is 5.69 Å². The fourth-order valence-corrected chi connectivity index (χ4v) is 3.33. The number of aliphatic imine (C=N–C) groups is 1. The van der Waals surface area contributed by atoms with E-state index in [1.54, 1.807) is 0 Å². The molecule has 0 atom stereocenters. The van der Waals surface area contributed by atoms with Gasteiger partial charge in [0, 0.05) is 0 Å². The van der Waals surface area contributed by atoms with Crippen molar-refractivity contribution >= 4 is 33.2 Å². The molecular formula is C24H33AsN. The first-order valence-corrected chi connectivity index (χ1v) is 12.2. The maximum absolute atomic E-state index is 4.31. The Morgan fingerprint density at radius 1 is 1.12 bits per heavy atom. The molecule has 0 saturated carbocycles. The topological polar surface area (TPSA) is 12.4 Å². The molecule has 0 heterocycles. The van der Waals surface area contributed by atoms with Gasteiger partial charge in [0.25, 0.3) is 0 Å². The monoisotopic (exact) mass is 410 g/mol. The summed E-state index contributed by atoms with van der Waals surface area (Å²) in [7, 11) is 0. The quantitative estimate of drug-likeness (QED) is 0.279. The van der Waals surface area contributed by atoms with Gasteiger partial charge in [-0.3, -0.25) is 0 Å². The number of allylic oxidation sites excluding steroid dienone is 2. The van der Waals surface area contributed by atoms with Gasteiger partial charge in [-0.05, 0) is 12.0 Å². The summed E-state index contributed by atoms with van der Waals surface area (Å²) >= 11 is 0.277. The summed E-state index contributed by atoms with van der Waals surface area (Å²) in [6.45, 7) is 14.0. The fraction of sp³-hybridized carbons (Fsp3) is 0.292. The zero-order valence-electron chi connectivity index (χ0n) is 17.2. The maximum atomic E-state index is 4.31. The van der Waals surface area contributed by atoms with Crippen LogP contribution in [0.25, 0.3) is 5.57 Å². The van der Waals surface area contributed by atoms with Crippen LogP contribution < -0.4 is 0 Å². The third kappa shape index (κ3) is 9.02. The van der Waals surface area contributed by atoms with E-state index in [1.807, 2.05) is 39.1 Å². The predicted octanol–water partition coefficient (Wildman–Crippen LogP) is 7.27. The zero-order valence-corrected chi connectivity index (χ0v) is 19.0. The van der Waals surface area contributed by atoms with Crippen molar-refractivity contribution in [1.82, 2.24) is 0 Å². The summed E-state index contributed by atoms with van der Waals surface area (Å²) in [5, 5.41) is 0. The van der Waals surface area contributed by atoms with E-state index in [1.165, 1.54) is 22.3 Å². The van der Waals surface area contributed by atoms with Crippen molar-refractivity contribution in [1.29, 1.82) is 0 Å². The van der Waals surface area contributed by atoms with E-state index in [2.05, 4.69) is 78.5 Å². The summed E-state index contributed by atoms with van der Waals surface area (Å²) in [5.74, 6) is 0. The summed E-state index contributed by atoms with van der Waals surface area (Å²) in [4.78, 5) is 6.59. The number of rotatable bonds is 5. The van der Waals surface area contributed by atoms with Gasteiger partial charge in [0.15, 0.2) is 0 Å². The van der Waals surface area contributed by atoms with Crippen LogP contribution in [0.3, 0.4) is 0 Å². The van der Waals surface area contributed by atoms with Crippen LogP contribution in [0.1, 0.15) is 44.4 Å². The van der Waals surface area contributed by atoms with Crippen molar-refractivity contribution in [3.8, 4) is 0 Å². The third-order valence-corrected chi connectivity index (χ3v) is 4.66. The van der Waals surface area contributed by atoms with Crippen LogP contribution in [0.5, 0.6) is 0 Å². The first-order valence-electron chi connectivity index (χ1n) is 9.21. The van der Waals surface area contributed by atoms with Gasteiger partial charge < -0.3 is 0 Å². The molecule has 2 rings (SSSR count). The van der Waals surface area contributed by atoms with E-state index < -0.39 is 0 Å². The fourth-order valence-electron chi connectivity index (χ4n) is 2.22. The Morgan fingerprint density at radius 2 is 1.77 bits per heavy atom. The van der Waals surface area contributed by atoms with Crippen LogP contribution in [0.2, 0.25) is 5.71 Å². The Bertz CT molecular complexity index is 685. The van der Waals surface area contributed by atoms with Gasteiger partial charge in [0.2, 0.25) is 0 Å². The van der Waals surface area contributed by atoms with Crippen molar-refractivity contribution < 1.29 is 0 Å². The second-order valence-electron chi connectivity index (χ2n) is 5.27.